The van der Waals surface area contributed by atoms with Crippen LogP contribution in [-0.4, -0.2) is 29.1 Å². The van der Waals surface area contributed by atoms with E-state index in [1.807, 2.05) is 32.0 Å². The Morgan fingerprint density at radius 1 is 1.29 bits per heavy atom. The number of aryl methyl sites for hydroxylation is 1. The van der Waals surface area contributed by atoms with E-state index < -0.39 is 0 Å². The lowest BCUT2D eigenvalue weighted by molar-refractivity contribution is 0.135. The monoisotopic (exact) mass is 328 g/mol. The smallest absolute Gasteiger partial charge is 0.194 e. The Balaban J connectivity index is 1.99. The molecule has 1 atom stereocenters. The minimum Gasteiger partial charge on any atom is -0.494 e. The fraction of sp³-hybridized carbons (Fsp3) is 0.550. The predicted molar refractivity (Wildman–Crippen MR) is 98.8 cm³/mol. The first-order valence-corrected chi connectivity index (χ1v) is 9.16. The molecule has 1 aliphatic heterocycles. The number of benzene rings is 1. The summed E-state index contributed by atoms with van der Waals surface area (Å²) in [6.45, 7) is 8.65. The topological polar surface area (TPSA) is 45.3 Å². The molecule has 1 fully saturated rings. The molecule has 130 valence electrons. The number of hydrogen-bond acceptors (Lipinski definition) is 3. The van der Waals surface area contributed by atoms with Crippen molar-refractivity contribution >= 4 is 10.9 Å². The fourth-order valence-electron chi connectivity index (χ4n) is 3.81. The minimum atomic E-state index is 0.142. The van der Waals surface area contributed by atoms with Crippen molar-refractivity contribution in [1.82, 2.24) is 9.88 Å². The zero-order chi connectivity index (χ0) is 17.1. The van der Waals surface area contributed by atoms with Gasteiger partial charge in [-0.25, -0.2) is 0 Å². The summed E-state index contributed by atoms with van der Waals surface area (Å²) >= 11 is 0. The van der Waals surface area contributed by atoms with E-state index in [9.17, 15) is 4.79 Å². The molecule has 0 saturated carbocycles. The molecule has 24 heavy (non-hydrogen) atoms. The second kappa shape index (κ2) is 7.39. The lowest BCUT2D eigenvalue weighted by atomic mass is 9.98. The number of ether oxygens (including phenoxy) is 1. The maximum Gasteiger partial charge on any atom is 0.194 e. The SMILES string of the molecule is CCOc1ccc2[nH]c(C)c(CN3CCCC[C@H]3CC)c(=O)c2c1. The number of aromatic amines is 1. The molecule has 1 aromatic heterocycles. The highest BCUT2D eigenvalue weighted by Crippen LogP contribution is 2.23. The van der Waals surface area contributed by atoms with Gasteiger partial charge in [-0.05, 0) is 57.9 Å². The first kappa shape index (κ1) is 17.0. The number of H-pyrrole nitrogens is 1. The van der Waals surface area contributed by atoms with Crippen LogP contribution in [0.15, 0.2) is 23.0 Å². The number of nitrogens with zero attached hydrogens (tertiary/aromatic N) is 1. The van der Waals surface area contributed by atoms with E-state index in [4.69, 9.17) is 4.74 Å². The lowest BCUT2D eigenvalue weighted by Gasteiger charge is -2.35. The molecule has 4 nitrogen and oxygen atoms in total. The fourth-order valence-corrected chi connectivity index (χ4v) is 3.81. The van der Waals surface area contributed by atoms with Crippen molar-refractivity contribution in [3.63, 3.8) is 0 Å². The van der Waals surface area contributed by atoms with E-state index in [0.717, 1.165) is 47.4 Å². The average Bonchev–Trinajstić information content (AvgIpc) is 2.60. The van der Waals surface area contributed by atoms with E-state index >= 15 is 0 Å². The van der Waals surface area contributed by atoms with Crippen LogP contribution in [0.4, 0.5) is 0 Å². The number of pyridine rings is 1. The largest absolute Gasteiger partial charge is 0.494 e. The van der Waals surface area contributed by atoms with Crippen molar-refractivity contribution < 1.29 is 4.74 Å². The molecule has 0 spiro atoms. The van der Waals surface area contributed by atoms with Crippen LogP contribution in [0, 0.1) is 6.92 Å². The highest BCUT2D eigenvalue weighted by Gasteiger charge is 2.23. The van der Waals surface area contributed by atoms with Crippen LogP contribution in [0.2, 0.25) is 0 Å². The molecular formula is C20H28N2O2. The molecule has 0 radical (unpaired) electrons. The van der Waals surface area contributed by atoms with E-state index in [0.29, 0.717) is 12.6 Å². The standard InChI is InChI=1S/C20H28N2O2/c1-4-15-8-6-7-11-22(15)13-18-14(3)21-19-10-9-16(24-5-2)12-17(19)20(18)23/h9-10,12,15H,4-8,11,13H2,1-3H3,(H,21,23)/t15-/m1/s1. The molecule has 0 amide bonds. The minimum absolute atomic E-state index is 0.142. The summed E-state index contributed by atoms with van der Waals surface area (Å²) in [5, 5.41) is 0.728. The van der Waals surface area contributed by atoms with Crippen LogP contribution in [0.3, 0.4) is 0 Å². The third-order valence-electron chi connectivity index (χ3n) is 5.18. The zero-order valence-corrected chi connectivity index (χ0v) is 15.0. The zero-order valence-electron chi connectivity index (χ0n) is 15.0. The molecule has 2 heterocycles. The summed E-state index contributed by atoms with van der Waals surface area (Å²) in [7, 11) is 0. The highest BCUT2D eigenvalue weighted by atomic mass is 16.5. The van der Waals surface area contributed by atoms with Crippen LogP contribution in [0.5, 0.6) is 5.75 Å². The van der Waals surface area contributed by atoms with Gasteiger partial charge in [-0.15, -0.1) is 0 Å². The van der Waals surface area contributed by atoms with Crippen molar-refractivity contribution in [2.24, 2.45) is 0 Å². The summed E-state index contributed by atoms with van der Waals surface area (Å²) < 4.78 is 5.56. The molecule has 2 aromatic rings. The second-order valence-electron chi connectivity index (χ2n) is 6.73. The van der Waals surface area contributed by atoms with Gasteiger partial charge in [0, 0.05) is 34.7 Å². The number of hydrogen-bond donors (Lipinski definition) is 1. The summed E-state index contributed by atoms with van der Waals surface area (Å²) in [4.78, 5) is 19.0. The number of piperidine rings is 1. The Morgan fingerprint density at radius 2 is 2.12 bits per heavy atom. The first-order valence-electron chi connectivity index (χ1n) is 9.16. The van der Waals surface area contributed by atoms with Gasteiger partial charge in [0.15, 0.2) is 5.43 Å². The van der Waals surface area contributed by atoms with Gasteiger partial charge in [-0.1, -0.05) is 13.3 Å². The summed E-state index contributed by atoms with van der Waals surface area (Å²) in [6, 6.07) is 6.32. The van der Waals surface area contributed by atoms with E-state index in [1.165, 1.54) is 19.3 Å². The Labute approximate surface area is 143 Å². The number of nitrogens with one attached hydrogen (secondary N) is 1. The van der Waals surface area contributed by atoms with Crippen LogP contribution in [0.1, 0.15) is 50.8 Å². The molecule has 3 rings (SSSR count). The highest BCUT2D eigenvalue weighted by molar-refractivity contribution is 5.81. The van der Waals surface area contributed by atoms with E-state index in [-0.39, 0.29) is 5.43 Å². The maximum absolute atomic E-state index is 13.1. The van der Waals surface area contributed by atoms with Crippen molar-refractivity contribution in [3.8, 4) is 5.75 Å². The molecule has 0 bridgehead atoms. The number of aromatic nitrogens is 1. The van der Waals surface area contributed by atoms with Crippen LogP contribution >= 0.6 is 0 Å². The molecule has 1 aromatic carbocycles. The Kier molecular flexibility index (Phi) is 5.24. The van der Waals surface area contributed by atoms with Gasteiger partial charge in [0.05, 0.1) is 6.61 Å². The van der Waals surface area contributed by atoms with Crippen molar-refractivity contribution in [2.45, 2.75) is 59.0 Å². The molecule has 1 aliphatic rings. The quantitative estimate of drug-likeness (QED) is 0.902. The van der Waals surface area contributed by atoms with Crippen LogP contribution < -0.4 is 10.2 Å². The van der Waals surface area contributed by atoms with Gasteiger partial charge in [0.25, 0.3) is 0 Å². The molecule has 0 unspecified atom stereocenters. The van der Waals surface area contributed by atoms with Crippen molar-refractivity contribution in [2.75, 3.05) is 13.2 Å². The molecule has 1 N–H and O–H groups in total. The molecule has 4 heteroatoms. The van der Waals surface area contributed by atoms with Gasteiger partial charge in [-0.2, -0.15) is 0 Å². The summed E-state index contributed by atoms with van der Waals surface area (Å²) in [5.41, 5.74) is 2.91. The van der Waals surface area contributed by atoms with Crippen LogP contribution in [0.25, 0.3) is 10.9 Å². The maximum atomic E-state index is 13.1. The van der Waals surface area contributed by atoms with E-state index in [2.05, 4.69) is 16.8 Å². The third kappa shape index (κ3) is 3.34. The van der Waals surface area contributed by atoms with Crippen molar-refractivity contribution in [1.29, 1.82) is 0 Å². The predicted octanol–water partition coefficient (Wildman–Crippen LogP) is 4.00. The molecule has 1 saturated heterocycles. The normalized spacial score (nSPS) is 18.9. The van der Waals surface area contributed by atoms with Gasteiger partial charge >= 0.3 is 0 Å². The summed E-state index contributed by atoms with van der Waals surface area (Å²) in [6.07, 6.45) is 4.93. The summed E-state index contributed by atoms with van der Waals surface area (Å²) in [5.74, 6) is 0.759. The van der Waals surface area contributed by atoms with Gasteiger partial charge in [-0.3, -0.25) is 9.69 Å². The van der Waals surface area contributed by atoms with Gasteiger partial charge in [0.2, 0.25) is 0 Å². The average molecular weight is 328 g/mol. The number of rotatable bonds is 5. The Morgan fingerprint density at radius 3 is 2.88 bits per heavy atom. The Hall–Kier alpha value is -1.81. The van der Waals surface area contributed by atoms with Crippen LogP contribution in [-0.2, 0) is 6.54 Å². The van der Waals surface area contributed by atoms with E-state index in [1.54, 1.807) is 0 Å². The first-order chi connectivity index (χ1) is 11.6. The number of fused-ring (bicyclic) bond motifs is 1. The Bertz CT molecular complexity index is 766. The van der Waals surface area contributed by atoms with Gasteiger partial charge < -0.3 is 9.72 Å². The second-order valence-corrected chi connectivity index (χ2v) is 6.73. The molecule has 0 aliphatic carbocycles. The third-order valence-corrected chi connectivity index (χ3v) is 5.18. The molecular weight excluding hydrogens is 300 g/mol. The van der Waals surface area contributed by atoms with Crippen molar-refractivity contribution in [3.05, 3.63) is 39.7 Å². The number of likely N-dealkylation sites (tertiary alicyclic amines) is 1. The lowest BCUT2D eigenvalue weighted by Crippen LogP contribution is -2.39. The van der Waals surface area contributed by atoms with Gasteiger partial charge in [0.1, 0.15) is 5.75 Å².